The first-order valence-corrected chi connectivity index (χ1v) is 9.71. The zero-order chi connectivity index (χ0) is 18.9. The maximum atomic E-state index is 2.44. The van der Waals surface area contributed by atoms with Gasteiger partial charge in [0.2, 0.25) is 0 Å². The summed E-state index contributed by atoms with van der Waals surface area (Å²) in [6.45, 7) is 7.17. The van der Waals surface area contributed by atoms with Crippen molar-refractivity contribution < 1.29 is 0 Å². The first-order valence-electron chi connectivity index (χ1n) is 9.71. The van der Waals surface area contributed by atoms with Gasteiger partial charge in [-0.2, -0.15) is 0 Å². The average molecular weight is 352 g/mol. The molecular weight excluding hydrogens is 327 g/mol. The molecule has 0 spiro atoms. The van der Waals surface area contributed by atoms with Crippen molar-refractivity contribution in [3.05, 3.63) is 66.2 Å². The van der Waals surface area contributed by atoms with Crippen molar-refractivity contribution in [3.8, 4) is 0 Å². The molecule has 2 heterocycles. The molecule has 2 aliphatic rings. The second-order valence-corrected chi connectivity index (χ2v) is 8.84. The monoisotopic (exact) mass is 352 g/mol. The van der Waals surface area contributed by atoms with E-state index in [4.69, 9.17) is 0 Å². The van der Waals surface area contributed by atoms with Crippen LogP contribution in [0.3, 0.4) is 0 Å². The Morgan fingerprint density at radius 2 is 1.26 bits per heavy atom. The van der Waals surface area contributed by atoms with E-state index in [0.29, 0.717) is 0 Å². The van der Waals surface area contributed by atoms with Crippen LogP contribution in [-0.2, 0) is 5.41 Å². The van der Waals surface area contributed by atoms with E-state index in [1.807, 2.05) is 0 Å². The molecular formula is C24H25BN2. The number of fused-ring (bicyclic) bond motifs is 4. The molecule has 0 aliphatic carbocycles. The van der Waals surface area contributed by atoms with Crippen molar-refractivity contribution in [2.45, 2.75) is 26.2 Å². The molecule has 0 unspecified atom stereocenters. The third kappa shape index (κ3) is 2.21. The maximum Gasteiger partial charge on any atom is 0.252 e. The van der Waals surface area contributed by atoms with Crippen LogP contribution < -0.4 is 26.2 Å². The number of benzene rings is 3. The van der Waals surface area contributed by atoms with E-state index in [1.165, 1.54) is 44.7 Å². The van der Waals surface area contributed by atoms with Gasteiger partial charge in [0, 0.05) is 36.8 Å². The molecule has 0 N–H and O–H groups in total. The van der Waals surface area contributed by atoms with E-state index in [0.717, 1.165) is 0 Å². The molecule has 3 heteroatoms. The lowest BCUT2D eigenvalue weighted by Gasteiger charge is -2.42. The highest BCUT2D eigenvalue weighted by atomic mass is 15.1. The molecule has 0 bridgehead atoms. The van der Waals surface area contributed by atoms with E-state index in [-0.39, 0.29) is 12.1 Å². The summed E-state index contributed by atoms with van der Waals surface area (Å²) in [4.78, 5) is 4.70. The zero-order valence-electron chi connectivity index (χ0n) is 16.7. The standard InChI is InChI=1S/C24H25BN2/c1-24(2,3)16-13-14-20-18(15-16)25-17-9-6-7-10-19(17)26(4)21-11-8-12-22(23(21)25)27(20)5/h6-15H,1-5H3. The molecule has 0 saturated carbocycles. The summed E-state index contributed by atoms with van der Waals surface area (Å²) in [5.74, 6) is 0. The van der Waals surface area contributed by atoms with E-state index >= 15 is 0 Å². The van der Waals surface area contributed by atoms with Gasteiger partial charge in [-0.25, -0.2) is 0 Å². The summed E-state index contributed by atoms with van der Waals surface area (Å²) in [6.07, 6.45) is 0. The first kappa shape index (κ1) is 16.5. The summed E-state index contributed by atoms with van der Waals surface area (Å²) in [5.41, 5.74) is 11.0. The fourth-order valence-electron chi connectivity index (χ4n) is 4.75. The largest absolute Gasteiger partial charge is 0.345 e. The maximum absolute atomic E-state index is 2.44. The Labute approximate surface area is 162 Å². The van der Waals surface area contributed by atoms with Crippen LogP contribution >= 0.6 is 0 Å². The molecule has 5 rings (SSSR count). The van der Waals surface area contributed by atoms with Crippen molar-refractivity contribution >= 4 is 45.9 Å². The van der Waals surface area contributed by atoms with Gasteiger partial charge in [-0.3, -0.25) is 0 Å². The Morgan fingerprint density at radius 3 is 1.93 bits per heavy atom. The Kier molecular flexibility index (Phi) is 3.31. The predicted octanol–water partition coefficient (Wildman–Crippen LogP) is 3.66. The lowest BCUT2D eigenvalue weighted by Crippen LogP contribution is -2.61. The lowest BCUT2D eigenvalue weighted by atomic mass is 9.33. The molecule has 0 atom stereocenters. The van der Waals surface area contributed by atoms with Crippen LogP contribution in [0.25, 0.3) is 0 Å². The number of anilines is 4. The van der Waals surface area contributed by atoms with Gasteiger partial charge >= 0.3 is 0 Å². The molecule has 0 saturated heterocycles. The summed E-state index contributed by atoms with van der Waals surface area (Å²) < 4.78 is 0. The Bertz CT molecular complexity index is 1050. The number of rotatable bonds is 0. The van der Waals surface area contributed by atoms with E-state index in [2.05, 4.69) is 105 Å². The number of hydrogen-bond acceptors (Lipinski definition) is 2. The van der Waals surface area contributed by atoms with Gasteiger partial charge in [0.05, 0.1) is 0 Å². The molecule has 0 amide bonds. The number of hydrogen-bond donors (Lipinski definition) is 0. The number of para-hydroxylation sites is 1. The van der Waals surface area contributed by atoms with Crippen LogP contribution in [0.1, 0.15) is 26.3 Å². The molecule has 2 nitrogen and oxygen atoms in total. The Hall–Kier alpha value is -2.68. The lowest BCUT2D eigenvalue weighted by molar-refractivity contribution is 0.591. The van der Waals surface area contributed by atoms with Crippen molar-refractivity contribution in [2.75, 3.05) is 23.9 Å². The predicted molar refractivity (Wildman–Crippen MR) is 119 cm³/mol. The highest BCUT2D eigenvalue weighted by Gasteiger charge is 2.40. The minimum Gasteiger partial charge on any atom is -0.345 e. The highest BCUT2D eigenvalue weighted by Crippen LogP contribution is 2.36. The van der Waals surface area contributed by atoms with Crippen LogP contribution in [0.5, 0.6) is 0 Å². The minimum atomic E-state index is 0.137. The molecule has 27 heavy (non-hydrogen) atoms. The number of nitrogens with zero attached hydrogens (tertiary/aromatic N) is 2. The summed E-state index contributed by atoms with van der Waals surface area (Å²) in [5, 5.41) is 0. The molecule has 134 valence electrons. The van der Waals surface area contributed by atoms with Gasteiger partial charge in [0.15, 0.2) is 0 Å². The third-order valence-corrected chi connectivity index (χ3v) is 6.25. The third-order valence-electron chi connectivity index (χ3n) is 6.25. The molecule has 3 aromatic rings. The normalized spacial score (nSPS) is 14.6. The summed E-state index contributed by atoms with van der Waals surface area (Å²) in [6, 6.07) is 22.6. The summed E-state index contributed by atoms with van der Waals surface area (Å²) >= 11 is 0. The Morgan fingerprint density at radius 1 is 0.667 bits per heavy atom. The van der Waals surface area contributed by atoms with Gasteiger partial charge < -0.3 is 9.80 Å². The Balaban J connectivity index is 1.86. The van der Waals surface area contributed by atoms with Gasteiger partial charge in [-0.05, 0) is 51.6 Å². The van der Waals surface area contributed by atoms with Crippen molar-refractivity contribution in [2.24, 2.45) is 0 Å². The van der Waals surface area contributed by atoms with Crippen molar-refractivity contribution in [3.63, 3.8) is 0 Å². The second-order valence-electron chi connectivity index (χ2n) is 8.84. The minimum absolute atomic E-state index is 0.137. The van der Waals surface area contributed by atoms with E-state index < -0.39 is 0 Å². The summed E-state index contributed by atoms with van der Waals surface area (Å²) in [7, 11) is 4.38. The molecule has 0 radical (unpaired) electrons. The molecule has 0 fully saturated rings. The van der Waals surface area contributed by atoms with Crippen molar-refractivity contribution in [1.29, 1.82) is 0 Å². The van der Waals surface area contributed by atoms with Crippen LogP contribution in [0.2, 0.25) is 0 Å². The fourth-order valence-corrected chi connectivity index (χ4v) is 4.75. The first-order chi connectivity index (χ1) is 12.9. The van der Waals surface area contributed by atoms with Gasteiger partial charge in [0.25, 0.3) is 6.71 Å². The quantitative estimate of drug-likeness (QED) is 0.570. The average Bonchev–Trinajstić information content (AvgIpc) is 2.66. The highest BCUT2D eigenvalue weighted by molar-refractivity contribution is 7.00. The topological polar surface area (TPSA) is 6.48 Å². The fraction of sp³-hybridized carbons (Fsp3) is 0.250. The van der Waals surface area contributed by atoms with Crippen LogP contribution in [0, 0.1) is 0 Å². The van der Waals surface area contributed by atoms with Crippen LogP contribution in [0.4, 0.5) is 22.7 Å². The zero-order valence-corrected chi connectivity index (χ0v) is 16.7. The molecule has 0 aromatic heterocycles. The van der Waals surface area contributed by atoms with E-state index in [1.54, 1.807) is 0 Å². The van der Waals surface area contributed by atoms with Gasteiger partial charge in [-0.15, -0.1) is 0 Å². The van der Waals surface area contributed by atoms with Crippen LogP contribution in [-0.4, -0.2) is 20.8 Å². The molecule has 3 aromatic carbocycles. The smallest absolute Gasteiger partial charge is 0.252 e. The van der Waals surface area contributed by atoms with Crippen LogP contribution in [0.15, 0.2) is 60.7 Å². The second kappa shape index (κ2) is 5.42. The van der Waals surface area contributed by atoms with E-state index in [9.17, 15) is 0 Å². The van der Waals surface area contributed by atoms with Gasteiger partial charge in [0.1, 0.15) is 0 Å². The molecule has 2 aliphatic heterocycles. The SMILES string of the molecule is CN1c2ccccc2B2c3cc(C(C)(C)C)ccc3N(C)c3cccc1c32. The van der Waals surface area contributed by atoms with Crippen molar-refractivity contribution in [1.82, 2.24) is 0 Å². The van der Waals surface area contributed by atoms with Gasteiger partial charge in [-0.1, -0.05) is 57.2 Å².